The first kappa shape index (κ1) is 12.3. The smallest absolute Gasteiger partial charge is 0.240 e. The number of nitrogens with zero attached hydrogens (tertiary/aromatic N) is 1. The lowest BCUT2D eigenvalue weighted by Gasteiger charge is -2.19. The zero-order valence-electron chi connectivity index (χ0n) is 8.12. The van der Waals surface area contributed by atoms with E-state index in [4.69, 9.17) is 12.2 Å². The van der Waals surface area contributed by atoms with Gasteiger partial charge in [0.05, 0.1) is 6.04 Å². The minimum atomic E-state index is -0.545. The molecule has 0 aromatic heterocycles. The van der Waals surface area contributed by atoms with Gasteiger partial charge >= 0.3 is 0 Å². The fourth-order valence-corrected chi connectivity index (χ4v) is 1.29. The number of amides is 1. The second kappa shape index (κ2) is 6.81. The average molecular weight is 200 g/mol. The lowest BCUT2D eigenvalue weighted by atomic mass is 10.2. The highest BCUT2D eigenvalue weighted by Crippen LogP contribution is 1.97. The number of terminal acetylenes is 1. The van der Waals surface area contributed by atoms with E-state index in [1.54, 1.807) is 23.7 Å². The van der Waals surface area contributed by atoms with E-state index in [0.29, 0.717) is 6.42 Å². The van der Waals surface area contributed by atoms with Crippen molar-refractivity contribution in [2.45, 2.75) is 12.5 Å². The van der Waals surface area contributed by atoms with Crippen LogP contribution in [0.2, 0.25) is 0 Å². The van der Waals surface area contributed by atoms with Gasteiger partial charge in [0.15, 0.2) is 0 Å². The van der Waals surface area contributed by atoms with Crippen LogP contribution >= 0.6 is 11.8 Å². The predicted octanol–water partition coefficient (Wildman–Crippen LogP) is 0.158. The first-order chi connectivity index (χ1) is 6.13. The van der Waals surface area contributed by atoms with E-state index >= 15 is 0 Å². The van der Waals surface area contributed by atoms with Crippen LogP contribution < -0.4 is 5.73 Å². The molecule has 0 aliphatic carbocycles. The standard InChI is InChI=1S/C9H16N2OS/c1-4-5-8(10)9(12)11(2)6-7-13-3/h1,8H,5-7,10H2,2-3H3. The van der Waals surface area contributed by atoms with Crippen molar-refractivity contribution in [3.05, 3.63) is 0 Å². The summed E-state index contributed by atoms with van der Waals surface area (Å²) in [5, 5.41) is 0. The van der Waals surface area contributed by atoms with Gasteiger partial charge in [0.2, 0.25) is 5.91 Å². The van der Waals surface area contributed by atoms with E-state index in [1.165, 1.54) is 0 Å². The van der Waals surface area contributed by atoms with E-state index < -0.39 is 6.04 Å². The summed E-state index contributed by atoms with van der Waals surface area (Å²) in [5.74, 6) is 3.23. The molecule has 1 atom stereocenters. The van der Waals surface area contributed by atoms with Crippen molar-refractivity contribution < 1.29 is 4.79 Å². The number of carbonyl (C=O) groups is 1. The molecule has 0 aromatic rings. The van der Waals surface area contributed by atoms with Gasteiger partial charge in [-0.05, 0) is 6.26 Å². The summed E-state index contributed by atoms with van der Waals surface area (Å²) in [7, 11) is 1.74. The number of thioether (sulfide) groups is 1. The van der Waals surface area contributed by atoms with Gasteiger partial charge in [-0.1, -0.05) is 0 Å². The minimum Gasteiger partial charge on any atom is -0.344 e. The minimum absolute atomic E-state index is 0.0769. The highest BCUT2D eigenvalue weighted by Gasteiger charge is 2.15. The molecule has 0 aromatic carbocycles. The van der Waals surface area contributed by atoms with Crippen molar-refractivity contribution in [2.24, 2.45) is 5.73 Å². The van der Waals surface area contributed by atoms with Crippen molar-refractivity contribution in [2.75, 3.05) is 25.6 Å². The molecule has 0 rings (SSSR count). The summed E-state index contributed by atoms with van der Waals surface area (Å²) >= 11 is 1.70. The van der Waals surface area contributed by atoms with Crippen molar-refractivity contribution in [1.82, 2.24) is 4.90 Å². The first-order valence-corrected chi connectivity index (χ1v) is 5.45. The molecule has 13 heavy (non-hydrogen) atoms. The molecule has 0 aliphatic heterocycles. The van der Waals surface area contributed by atoms with Crippen LogP contribution in [0.15, 0.2) is 0 Å². The molecular formula is C9H16N2OS. The molecule has 0 saturated carbocycles. The van der Waals surface area contributed by atoms with Crippen LogP contribution in [-0.4, -0.2) is 42.4 Å². The Labute approximate surface area is 84.0 Å². The van der Waals surface area contributed by atoms with Gasteiger partial charge in [0, 0.05) is 25.8 Å². The van der Waals surface area contributed by atoms with Crippen molar-refractivity contribution in [1.29, 1.82) is 0 Å². The number of nitrogens with two attached hydrogens (primary N) is 1. The van der Waals surface area contributed by atoms with E-state index in [1.807, 2.05) is 6.26 Å². The van der Waals surface area contributed by atoms with Gasteiger partial charge in [-0.3, -0.25) is 4.79 Å². The topological polar surface area (TPSA) is 46.3 Å². The summed E-state index contributed by atoms with van der Waals surface area (Å²) in [6, 6.07) is -0.545. The van der Waals surface area contributed by atoms with Gasteiger partial charge in [0.1, 0.15) is 0 Å². The van der Waals surface area contributed by atoms with Crippen molar-refractivity contribution in [3.63, 3.8) is 0 Å². The molecule has 3 nitrogen and oxygen atoms in total. The Kier molecular flexibility index (Phi) is 6.47. The zero-order valence-corrected chi connectivity index (χ0v) is 8.93. The molecule has 0 fully saturated rings. The first-order valence-electron chi connectivity index (χ1n) is 4.06. The average Bonchev–Trinajstić information content (AvgIpc) is 2.13. The molecule has 0 spiro atoms. The Bertz CT molecular complexity index is 200. The second-order valence-corrected chi connectivity index (χ2v) is 3.75. The van der Waals surface area contributed by atoms with Crippen LogP contribution in [0.4, 0.5) is 0 Å². The molecule has 1 amide bonds. The van der Waals surface area contributed by atoms with E-state index in [2.05, 4.69) is 5.92 Å². The Morgan fingerprint density at radius 2 is 2.38 bits per heavy atom. The quantitative estimate of drug-likeness (QED) is 0.643. The highest BCUT2D eigenvalue weighted by atomic mass is 32.2. The molecular weight excluding hydrogens is 184 g/mol. The predicted molar refractivity (Wildman–Crippen MR) is 57.4 cm³/mol. The maximum absolute atomic E-state index is 11.4. The molecule has 0 aliphatic rings. The molecule has 4 heteroatoms. The molecule has 74 valence electrons. The number of carbonyl (C=O) groups excluding carboxylic acids is 1. The number of rotatable bonds is 5. The Morgan fingerprint density at radius 1 is 1.77 bits per heavy atom. The number of hydrogen-bond donors (Lipinski definition) is 1. The van der Waals surface area contributed by atoms with Crippen LogP contribution in [0.25, 0.3) is 0 Å². The molecule has 0 saturated heterocycles. The van der Waals surface area contributed by atoms with E-state index in [-0.39, 0.29) is 5.91 Å². The summed E-state index contributed by atoms with van der Waals surface area (Å²) < 4.78 is 0. The monoisotopic (exact) mass is 200 g/mol. The van der Waals surface area contributed by atoms with E-state index in [0.717, 1.165) is 12.3 Å². The lowest BCUT2D eigenvalue weighted by molar-refractivity contribution is -0.130. The Balaban J connectivity index is 3.88. The van der Waals surface area contributed by atoms with Crippen molar-refractivity contribution in [3.8, 4) is 12.3 Å². The van der Waals surface area contributed by atoms with Crippen LogP contribution in [0.3, 0.4) is 0 Å². The third-order valence-electron chi connectivity index (χ3n) is 1.66. The normalized spacial score (nSPS) is 11.8. The maximum Gasteiger partial charge on any atom is 0.240 e. The maximum atomic E-state index is 11.4. The zero-order chi connectivity index (χ0) is 10.3. The van der Waals surface area contributed by atoms with Gasteiger partial charge in [0.25, 0.3) is 0 Å². The Morgan fingerprint density at radius 3 is 2.85 bits per heavy atom. The molecule has 1 unspecified atom stereocenters. The van der Waals surface area contributed by atoms with E-state index in [9.17, 15) is 4.79 Å². The number of likely N-dealkylation sites (N-methyl/N-ethyl adjacent to an activating group) is 1. The summed E-state index contributed by atoms with van der Waals surface area (Å²) in [6.45, 7) is 0.721. The van der Waals surface area contributed by atoms with Crippen LogP contribution in [-0.2, 0) is 4.79 Å². The summed E-state index contributed by atoms with van der Waals surface area (Å²) in [4.78, 5) is 13.1. The van der Waals surface area contributed by atoms with Crippen LogP contribution in [0.1, 0.15) is 6.42 Å². The molecule has 0 radical (unpaired) electrons. The molecule has 2 N–H and O–H groups in total. The largest absolute Gasteiger partial charge is 0.344 e. The second-order valence-electron chi connectivity index (χ2n) is 2.77. The van der Waals surface area contributed by atoms with Gasteiger partial charge < -0.3 is 10.6 Å². The number of hydrogen-bond acceptors (Lipinski definition) is 3. The summed E-state index contributed by atoms with van der Waals surface area (Å²) in [6.07, 6.45) is 7.37. The third kappa shape index (κ3) is 4.81. The fourth-order valence-electron chi connectivity index (χ4n) is 0.836. The fraction of sp³-hybridized carbons (Fsp3) is 0.667. The lowest BCUT2D eigenvalue weighted by Crippen LogP contribution is -2.42. The van der Waals surface area contributed by atoms with Crippen molar-refractivity contribution >= 4 is 17.7 Å². The summed E-state index contributed by atoms with van der Waals surface area (Å²) in [5.41, 5.74) is 5.56. The van der Waals surface area contributed by atoms with Gasteiger partial charge in [-0.2, -0.15) is 11.8 Å². The molecule has 0 bridgehead atoms. The Hall–Kier alpha value is -0.660. The van der Waals surface area contributed by atoms with Gasteiger partial charge in [-0.25, -0.2) is 0 Å². The van der Waals surface area contributed by atoms with Crippen LogP contribution in [0.5, 0.6) is 0 Å². The SMILES string of the molecule is C#CCC(N)C(=O)N(C)CCSC. The van der Waals surface area contributed by atoms with Crippen LogP contribution in [0, 0.1) is 12.3 Å². The highest BCUT2D eigenvalue weighted by molar-refractivity contribution is 7.98. The molecule has 0 heterocycles. The third-order valence-corrected chi connectivity index (χ3v) is 2.25. The van der Waals surface area contributed by atoms with Gasteiger partial charge in [-0.15, -0.1) is 12.3 Å².